The maximum atomic E-state index is 5.56. The van der Waals surface area contributed by atoms with E-state index in [2.05, 4.69) is 51.8 Å². The molecule has 0 spiro atoms. The summed E-state index contributed by atoms with van der Waals surface area (Å²) in [5, 5.41) is 6.58. The Morgan fingerprint density at radius 3 is 2.54 bits per heavy atom. The quantitative estimate of drug-likeness (QED) is 0.159. The van der Waals surface area contributed by atoms with E-state index in [0.29, 0.717) is 12.4 Å². The van der Waals surface area contributed by atoms with E-state index in [1.807, 2.05) is 42.1 Å². The molecule has 0 saturated heterocycles. The lowest BCUT2D eigenvalue weighted by atomic mass is 10.2. The van der Waals surface area contributed by atoms with Crippen LogP contribution in [0, 0.1) is 6.92 Å². The molecule has 0 aliphatic heterocycles. The number of benzene rings is 2. The molecule has 0 fully saturated rings. The Morgan fingerprint density at radius 1 is 1.07 bits per heavy atom. The first-order valence-electron chi connectivity index (χ1n) is 8.88. The molecule has 0 aliphatic rings. The lowest BCUT2D eigenvalue weighted by Gasteiger charge is -2.10. The predicted molar refractivity (Wildman–Crippen MR) is 127 cm³/mol. The minimum Gasteiger partial charge on any atom is -0.444 e. The molecule has 0 amide bonds. The summed E-state index contributed by atoms with van der Waals surface area (Å²) in [4.78, 5) is 10.0. The molecule has 0 bridgehead atoms. The number of aliphatic imine (C=N–C) groups is 1. The minimum atomic E-state index is 0. The van der Waals surface area contributed by atoms with E-state index >= 15 is 0 Å². The third kappa shape index (κ3) is 6.87. The Labute approximate surface area is 187 Å². The number of aromatic nitrogens is 1. The number of hydrogen-bond acceptors (Lipinski definition) is 4. The summed E-state index contributed by atoms with van der Waals surface area (Å²) < 4.78 is 5.56. The van der Waals surface area contributed by atoms with Crippen LogP contribution in [0.15, 0.2) is 75.2 Å². The van der Waals surface area contributed by atoms with E-state index in [9.17, 15) is 0 Å². The van der Waals surface area contributed by atoms with Gasteiger partial charge in [0.15, 0.2) is 5.96 Å². The van der Waals surface area contributed by atoms with Gasteiger partial charge in [-0.05, 0) is 31.2 Å². The van der Waals surface area contributed by atoms with Crippen molar-refractivity contribution >= 4 is 41.7 Å². The smallest absolute Gasteiger partial charge is 0.226 e. The molecular weight excluding hydrogens is 483 g/mol. The number of halogens is 1. The van der Waals surface area contributed by atoms with Crippen LogP contribution in [0.4, 0.5) is 0 Å². The van der Waals surface area contributed by atoms with E-state index in [4.69, 9.17) is 4.42 Å². The normalized spacial score (nSPS) is 11.0. The fourth-order valence-electron chi connectivity index (χ4n) is 2.47. The van der Waals surface area contributed by atoms with Gasteiger partial charge in [0.05, 0.1) is 12.2 Å². The Kier molecular flexibility index (Phi) is 9.36. The van der Waals surface area contributed by atoms with Crippen LogP contribution in [-0.2, 0) is 6.54 Å². The molecule has 148 valence electrons. The third-order valence-electron chi connectivity index (χ3n) is 3.92. The van der Waals surface area contributed by atoms with Gasteiger partial charge < -0.3 is 15.1 Å². The van der Waals surface area contributed by atoms with Crippen molar-refractivity contribution in [3.63, 3.8) is 0 Å². The average molecular weight is 508 g/mol. The van der Waals surface area contributed by atoms with Gasteiger partial charge in [-0.3, -0.25) is 4.99 Å². The molecule has 1 aromatic heterocycles. The van der Waals surface area contributed by atoms with E-state index in [0.717, 1.165) is 29.5 Å². The summed E-state index contributed by atoms with van der Waals surface area (Å²) >= 11 is 1.82. The molecule has 0 atom stereocenters. The van der Waals surface area contributed by atoms with Gasteiger partial charge in [0.25, 0.3) is 0 Å². The van der Waals surface area contributed by atoms with Crippen LogP contribution in [0.25, 0.3) is 11.5 Å². The number of nitrogens with zero attached hydrogens (tertiary/aromatic N) is 2. The Hall–Kier alpha value is -2.00. The molecule has 3 aromatic rings. The van der Waals surface area contributed by atoms with E-state index in [1.54, 1.807) is 13.3 Å². The van der Waals surface area contributed by atoms with Gasteiger partial charge in [-0.2, -0.15) is 0 Å². The van der Waals surface area contributed by atoms with Crippen molar-refractivity contribution in [3.8, 4) is 11.5 Å². The fourth-order valence-corrected chi connectivity index (χ4v) is 3.24. The monoisotopic (exact) mass is 508 g/mol. The van der Waals surface area contributed by atoms with Crippen LogP contribution in [0.5, 0.6) is 0 Å². The number of oxazole rings is 1. The first-order valence-corrected chi connectivity index (χ1v) is 9.87. The van der Waals surface area contributed by atoms with Crippen molar-refractivity contribution in [2.45, 2.75) is 18.4 Å². The highest BCUT2D eigenvalue weighted by atomic mass is 127. The zero-order valence-electron chi connectivity index (χ0n) is 16.0. The molecule has 7 heteroatoms. The minimum absolute atomic E-state index is 0. The molecule has 2 aromatic carbocycles. The number of nitrogens with one attached hydrogen (secondary N) is 2. The van der Waals surface area contributed by atoms with Crippen LogP contribution in [-0.4, -0.2) is 30.3 Å². The second-order valence-corrected chi connectivity index (χ2v) is 7.19. The summed E-state index contributed by atoms with van der Waals surface area (Å²) in [7, 11) is 1.76. The van der Waals surface area contributed by atoms with Gasteiger partial charge in [0.2, 0.25) is 5.89 Å². The summed E-state index contributed by atoms with van der Waals surface area (Å²) in [6.07, 6.45) is 1.68. The van der Waals surface area contributed by atoms with Crippen LogP contribution >= 0.6 is 35.7 Å². The van der Waals surface area contributed by atoms with Crippen LogP contribution in [0.3, 0.4) is 0 Å². The molecule has 0 aliphatic carbocycles. The molecule has 1 heterocycles. The maximum Gasteiger partial charge on any atom is 0.226 e. The van der Waals surface area contributed by atoms with Crippen molar-refractivity contribution in [3.05, 3.63) is 72.1 Å². The molecule has 3 rings (SSSR count). The number of guanidine groups is 1. The van der Waals surface area contributed by atoms with Crippen molar-refractivity contribution in [1.82, 2.24) is 15.6 Å². The second kappa shape index (κ2) is 11.8. The first-order chi connectivity index (χ1) is 13.2. The van der Waals surface area contributed by atoms with Crippen LogP contribution < -0.4 is 10.6 Å². The predicted octanol–water partition coefficient (Wildman–Crippen LogP) is 4.73. The first kappa shape index (κ1) is 22.3. The van der Waals surface area contributed by atoms with Gasteiger partial charge in [-0.1, -0.05) is 35.9 Å². The molecular formula is C21H25IN4OS. The van der Waals surface area contributed by atoms with Crippen molar-refractivity contribution in [1.29, 1.82) is 0 Å². The Morgan fingerprint density at radius 2 is 1.82 bits per heavy atom. The summed E-state index contributed by atoms with van der Waals surface area (Å²) in [5.74, 6) is 2.35. The summed E-state index contributed by atoms with van der Waals surface area (Å²) in [5.41, 5.74) is 3.09. The summed E-state index contributed by atoms with van der Waals surface area (Å²) in [6, 6.07) is 18.5. The lowest BCUT2D eigenvalue weighted by Crippen LogP contribution is -2.38. The Balaban J connectivity index is 0.00000280. The average Bonchev–Trinajstić information content (AvgIpc) is 3.18. The van der Waals surface area contributed by atoms with Gasteiger partial charge in [-0.25, -0.2) is 4.98 Å². The molecule has 2 N–H and O–H groups in total. The van der Waals surface area contributed by atoms with Gasteiger partial charge in [0.1, 0.15) is 6.26 Å². The fraction of sp³-hybridized carbons (Fsp3) is 0.238. The number of aryl methyl sites for hydroxylation is 1. The van der Waals surface area contributed by atoms with Gasteiger partial charge in [-0.15, -0.1) is 35.7 Å². The third-order valence-corrected chi connectivity index (χ3v) is 4.93. The van der Waals surface area contributed by atoms with Crippen LogP contribution in [0.1, 0.15) is 11.3 Å². The highest BCUT2D eigenvalue weighted by Gasteiger charge is 2.07. The van der Waals surface area contributed by atoms with Crippen molar-refractivity contribution in [2.75, 3.05) is 19.3 Å². The zero-order chi connectivity index (χ0) is 18.9. The Bertz CT molecular complexity index is 866. The summed E-state index contributed by atoms with van der Waals surface area (Å²) in [6.45, 7) is 3.48. The number of rotatable bonds is 7. The van der Waals surface area contributed by atoms with E-state index in [-0.39, 0.29) is 24.0 Å². The topological polar surface area (TPSA) is 62.5 Å². The zero-order valence-corrected chi connectivity index (χ0v) is 19.2. The maximum absolute atomic E-state index is 5.56. The van der Waals surface area contributed by atoms with Gasteiger partial charge >= 0.3 is 0 Å². The van der Waals surface area contributed by atoms with E-state index < -0.39 is 0 Å². The van der Waals surface area contributed by atoms with E-state index in [1.165, 1.54) is 10.5 Å². The highest BCUT2D eigenvalue weighted by molar-refractivity contribution is 14.0. The largest absolute Gasteiger partial charge is 0.444 e. The van der Waals surface area contributed by atoms with Gasteiger partial charge in [0, 0.05) is 29.8 Å². The number of hydrogen-bond donors (Lipinski definition) is 2. The highest BCUT2D eigenvalue weighted by Crippen LogP contribution is 2.18. The van der Waals surface area contributed by atoms with Crippen molar-refractivity contribution in [2.24, 2.45) is 4.99 Å². The molecule has 28 heavy (non-hydrogen) atoms. The molecule has 5 nitrogen and oxygen atoms in total. The van der Waals surface area contributed by atoms with Crippen molar-refractivity contribution < 1.29 is 4.42 Å². The SMILES string of the molecule is CN=C(NCCSc1ccc(C)cc1)NCc1coc(-c2ccccc2)n1.I. The molecule has 0 saturated carbocycles. The standard InChI is InChI=1S/C21H24N4OS.HI/c1-16-8-10-19(11-9-16)27-13-12-23-21(22-2)24-14-18-15-26-20(25-18)17-6-4-3-5-7-17;/h3-11,15H,12-14H2,1-2H3,(H2,22,23,24);1H. The number of thioether (sulfide) groups is 1. The second-order valence-electron chi connectivity index (χ2n) is 6.02. The lowest BCUT2D eigenvalue weighted by molar-refractivity contribution is 0.572. The van der Waals surface area contributed by atoms with Crippen LogP contribution in [0.2, 0.25) is 0 Å². The molecule has 0 unspecified atom stereocenters. The molecule has 0 radical (unpaired) electrons.